The third-order valence-electron chi connectivity index (χ3n) is 3.64. The van der Waals surface area contributed by atoms with Crippen molar-refractivity contribution in [3.8, 4) is 22.1 Å². The lowest BCUT2D eigenvalue weighted by Gasteiger charge is -2.07. The van der Waals surface area contributed by atoms with Crippen LogP contribution in [0, 0.1) is 5.82 Å². The summed E-state index contributed by atoms with van der Waals surface area (Å²) in [6.07, 6.45) is 0. The molecule has 132 valence electrons. The molecule has 0 fully saturated rings. The summed E-state index contributed by atoms with van der Waals surface area (Å²) in [5.41, 5.74) is 1.22. The highest BCUT2D eigenvalue weighted by molar-refractivity contribution is 7.23. The smallest absolute Gasteiger partial charge is 0.212 e. The normalized spacial score (nSPS) is 10.9. The molecule has 0 amide bonds. The lowest BCUT2D eigenvalue weighted by molar-refractivity contribution is 0.355. The summed E-state index contributed by atoms with van der Waals surface area (Å²) in [4.78, 5) is 4.27. The van der Waals surface area contributed by atoms with Crippen LogP contribution in [0.25, 0.3) is 20.8 Å². The average Bonchev–Trinajstić information content (AvgIpc) is 3.29. The first-order valence-electron chi connectivity index (χ1n) is 7.56. The monoisotopic (exact) mass is 388 g/mol. The highest BCUT2D eigenvalue weighted by Gasteiger charge is 2.13. The molecule has 2 aromatic heterocycles. The second kappa shape index (κ2) is 6.85. The fourth-order valence-electron chi connectivity index (χ4n) is 2.42. The van der Waals surface area contributed by atoms with Gasteiger partial charge in [-0.05, 0) is 30.3 Å². The number of thiazole rings is 1. The van der Waals surface area contributed by atoms with Crippen molar-refractivity contribution in [2.24, 2.45) is 0 Å². The number of aromatic nitrogens is 3. The quantitative estimate of drug-likeness (QED) is 0.534. The Kier molecular flexibility index (Phi) is 4.39. The Hall–Kier alpha value is -2.78. The van der Waals surface area contributed by atoms with Gasteiger partial charge >= 0.3 is 0 Å². The van der Waals surface area contributed by atoms with Crippen LogP contribution in [0.5, 0.6) is 11.5 Å². The van der Waals surface area contributed by atoms with Gasteiger partial charge in [0.05, 0.1) is 18.9 Å². The van der Waals surface area contributed by atoms with Gasteiger partial charge in [-0.3, -0.25) is 0 Å². The molecule has 0 bridgehead atoms. The molecule has 6 nitrogen and oxygen atoms in total. The maximum atomic E-state index is 13.8. The van der Waals surface area contributed by atoms with E-state index in [2.05, 4.69) is 20.5 Å². The Morgan fingerprint density at radius 3 is 2.58 bits per heavy atom. The van der Waals surface area contributed by atoms with Gasteiger partial charge in [-0.2, -0.15) is 0 Å². The van der Waals surface area contributed by atoms with E-state index in [0.29, 0.717) is 27.3 Å². The maximum absolute atomic E-state index is 13.8. The van der Waals surface area contributed by atoms with Crippen LogP contribution in [0.4, 0.5) is 14.7 Å². The lowest BCUT2D eigenvalue weighted by atomic mass is 10.2. The summed E-state index contributed by atoms with van der Waals surface area (Å²) in [6.45, 7) is 0. The zero-order chi connectivity index (χ0) is 18.1. The predicted molar refractivity (Wildman–Crippen MR) is 101 cm³/mol. The standard InChI is InChI=1S/C17H13FN4O2S2/c1-23-11-7-6-9(8-12(11)24-2)15-21-22-17(26-15)20-16-19-14-10(18)4-3-5-13(14)25-16/h3-8H,1-2H3,(H,19,20,22). The van der Waals surface area contributed by atoms with Gasteiger partial charge in [-0.15, -0.1) is 10.2 Å². The van der Waals surface area contributed by atoms with Gasteiger partial charge in [0.1, 0.15) is 16.3 Å². The van der Waals surface area contributed by atoms with E-state index in [1.165, 1.54) is 28.7 Å². The Morgan fingerprint density at radius 1 is 0.962 bits per heavy atom. The van der Waals surface area contributed by atoms with E-state index >= 15 is 0 Å². The van der Waals surface area contributed by atoms with Gasteiger partial charge in [-0.1, -0.05) is 28.7 Å². The molecular weight excluding hydrogens is 375 g/mol. The van der Waals surface area contributed by atoms with Crippen molar-refractivity contribution in [2.75, 3.05) is 19.5 Å². The van der Waals surface area contributed by atoms with Crippen LogP contribution in [0.2, 0.25) is 0 Å². The summed E-state index contributed by atoms with van der Waals surface area (Å²) in [6, 6.07) is 10.4. The second-order valence-corrected chi connectivity index (χ2v) is 7.22. The molecule has 0 spiro atoms. The minimum Gasteiger partial charge on any atom is -0.493 e. The van der Waals surface area contributed by atoms with Crippen molar-refractivity contribution in [1.82, 2.24) is 15.2 Å². The average molecular weight is 388 g/mol. The Balaban J connectivity index is 1.60. The van der Waals surface area contributed by atoms with Crippen LogP contribution >= 0.6 is 22.7 Å². The Bertz CT molecular complexity index is 1080. The second-order valence-electron chi connectivity index (χ2n) is 5.21. The number of halogens is 1. The summed E-state index contributed by atoms with van der Waals surface area (Å²) in [5, 5.41) is 13.3. The van der Waals surface area contributed by atoms with Crippen molar-refractivity contribution < 1.29 is 13.9 Å². The molecule has 0 aliphatic rings. The maximum Gasteiger partial charge on any atom is 0.212 e. The van der Waals surface area contributed by atoms with Crippen LogP contribution in [0.15, 0.2) is 36.4 Å². The Morgan fingerprint density at radius 2 is 1.81 bits per heavy atom. The number of ether oxygens (including phenoxy) is 2. The number of nitrogens with zero attached hydrogens (tertiary/aromatic N) is 3. The van der Waals surface area contributed by atoms with Crippen molar-refractivity contribution in [2.45, 2.75) is 0 Å². The number of methoxy groups -OCH3 is 2. The van der Waals surface area contributed by atoms with Gasteiger partial charge in [0.2, 0.25) is 5.13 Å². The summed E-state index contributed by atoms with van der Waals surface area (Å²) >= 11 is 2.73. The van der Waals surface area contributed by atoms with Crippen molar-refractivity contribution in [1.29, 1.82) is 0 Å². The number of anilines is 2. The van der Waals surface area contributed by atoms with Gasteiger partial charge in [0, 0.05) is 5.56 Å². The third-order valence-corrected chi connectivity index (χ3v) is 5.46. The largest absolute Gasteiger partial charge is 0.493 e. The van der Waals surface area contributed by atoms with Crippen LogP contribution < -0.4 is 14.8 Å². The molecule has 26 heavy (non-hydrogen) atoms. The van der Waals surface area contributed by atoms with E-state index in [1.54, 1.807) is 20.3 Å². The van der Waals surface area contributed by atoms with Crippen LogP contribution in [0.3, 0.4) is 0 Å². The number of benzene rings is 2. The molecular formula is C17H13FN4O2S2. The Labute approximate surface area is 156 Å². The van der Waals surface area contributed by atoms with Crippen LogP contribution in [-0.2, 0) is 0 Å². The number of fused-ring (bicyclic) bond motifs is 1. The molecule has 0 aliphatic carbocycles. The van der Waals surface area contributed by atoms with E-state index in [9.17, 15) is 4.39 Å². The molecule has 4 aromatic rings. The first-order valence-corrected chi connectivity index (χ1v) is 9.19. The third kappa shape index (κ3) is 3.06. The molecule has 0 unspecified atom stereocenters. The summed E-state index contributed by atoms with van der Waals surface area (Å²) in [5.74, 6) is 0.932. The van der Waals surface area contributed by atoms with E-state index in [0.717, 1.165) is 15.3 Å². The molecule has 0 radical (unpaired) electrons. The molecule has 2 heterocycles. The topological polar surface area (TPSA) is 69.2 Å². The SMILES string of the molecule is COc1ccc(-c2nnc(Nc3nc4c(F)cccc4s3)s2)cc1OC. The first-order chi connectivity index (χ1) is 12.7. The first kappa shape index (κ1) is 16.7. The molecule has 0 saturated heterocycles. The minimum atomic E-state index is -0.338. The highest BCUT2D eigenvalue weighted by Crippen LogP contribution is 2.36. The van der Waals surface area contributed by atoms with Crippen molar-refractivity contribution in [3.63, 3.8) is 0 Å². The van der Waals surface area contributed by atoms with Crippen molar-refractivity contribution in [3.05, 3.63) is 42.2 Å². The van der Waals surface area contributed by atoms with E-state index < -0.39 is 0 Å². The number of hydrogen-bond donors (Lipinski definition) is 1. The molecule has 0 saturated carbocycles. The van der Waals surface area contributed by atoms with Gasteiger partial charge < -0.3 is 14.8 Å². The molecule has 2 aromatic carbocycles. The summed E-state index contributed by atoms with van der Waals surface area (Å²) in [7, 11) is 3.17. The summed E-state index contributed by atoms with van der Waals surface area (Å²) < 4.78 is 25.1. The molecule has 9 heteroatoms. The number of hydrogen-bond acceptors (Lipinski definition) is 8. The predicted octanol–water partition coefficient (Wildman–Crippen LogP) is 4.71. The van der Waals surface area contributed by atoms with E-state index in [4.69, 9.17) is 9.47 Å². The van der Waals surface area contributed by atoms with Crippen LogP contribution in [0.1, 0.15) is 0 Å². The van der Waals surface area contributed by atoms with E-state index in [1.807, 2.05) is 24.3 Å². The highest BCUT2D eigenvalue weighted by atomic mass is 32.1. The fourth-order valence-corrected chi connectivity index (χ4v) is 4.10. The van der Waals surface area contributed by atoms with E-state index in [-0.39, 0.29) is 5.82 Å². The number of rotatable bonds is 5. The molecule has 1 N–H and O–H groups in total. The molecule has 0 aliphatic heterocycles. The number of para-hydroxylation sites is 1. The van der Waals surface area contributed by atoms with Gasteiger partial charge in [0.25, 0.3) is 0 Å². The zero-order valence-corrected chi connectivity index (χ0v) is 15.4. The zero-order valence-electron chi connectivity index (χ0n) is 13.8. The lowest BCUT2D eigenvalue weighted by Crippen LogP contribution is -1.90. The van der Waals surface area contributed by atoms with Gasteiger partial charge in [-0.25, -0.2) is 9.37 Å². The molecule has 0 atom stereocenters. The van der Waals surface area contributed by atoms with Gasteiger partial charge in [0.15, 0.2) is 16.6 Å². The minimum absolute atomic E-state index is 0.338. The molecule has 4 rings (SSSR count). The van der Waals surface area contributed by atoms with Crippen LogP contribution in [-0.4, -0.2) is 29.4 Å². The van der Waals surface area contributed by atoms with Crippen molar-refractivity contribution >= 4 is 43.2 Å². The number of nitrogens with one attached hydrogen (secondary N) is 1. The fraction of sp³-hybridized carbons (Fsp3) is 0.118.